The third kappa shape index (κ3) is 6.98. The molecular weight excluding hydrogens is 538 g/mol. The van der Waals surface area contributed by atoms with Crippen LogP contribution in [0.1, 0.15) is 36.9 Å². The number of aliphatic carboxylic acids is 1. The van der Waals surface area contributed by atoms with E-state index in [0.29, 0.717) is 59.0 Å². The van der Waals surface area contributed by atoms with Crippen molar-refractivity contribution >= 4 is 35.2 Å². The second-order valence-electron chi connectivity index (χ2n) is 9.19. The Kier molecular flexibility index (Phi) is 10.7. The number of hydrogen-bond acceptors (Lipinski definition) is 9. The van der Waals surface area contributed by atoms with Gasteiger partial charge in [-0.2, -0.15) is 11.8 Å². The summed E-state index contributed by atoms with van der Waals surface area (Å²) >= 11 is 1.53. The normalized spacial score (nSPS) is 14.5. The van der Waals surface area contributed by atoms with Gasteiger partial charge >= 0.3 is 5.97 Å². The predicted molar refractivity (Wildman–Crippen MR) is 154 cm³/mol. The molecule has 3 rings (SSSR count). The first-order valence-corrected chi connectivity index (χ1v) is 14.1. The van der Waals surface area contributed by atoms with E-state index in [1.54, 1.807) is 12.1 Å². The number of hydrogen-bond donors (Lipinski definition) is 4. The number of carbonyl (C=O) groups is 3. The van der Waals surface area contributed by atoms with Crippen LogP contribution >= 0.6 is 11.8 Å². The molecule has 1 aliphatic rings. The Labute approximate surface area is 237 Å². The number of nitrogens with one attached hydrogen (secondary N) is 3. The molecule has 2 atom stereocenters. The Hall–Kier alpha value is -3.93. The monoisotopic (exact) mass is 573 g/mol. The van der Waals surface area contributed by atoms with Gasteiger partial charge in [-0.25, -0.2) is 0 Å². The first kappa shape index (κ1) is 30.6. The molecule has 4 N–H and O–H groups in total. The molecule has 11 nitrogen and oxygen atoms in total. The third-order valence-corrected chi connectivity index (χ3v) is 7.23. The van der Waals surface area contributed by atoms with Crippen LogP contribution in [0, 0.1) is 0 Å². The SMILES string of the molecule is COc1cc2c(c(OC)c1OC)-c1ccc(N[C@@H](CCSC)C(=O)NCC(=O)O)c(=O)cc1[C@@H](NC(C)=O)CC2. The number of aryl methyl sites for hydroxylation is 1. The van der Waals surface area contributed by atoms with Crippen molar-refractivity contribution in [3.05, 3.63) is 45.6 Å². The van der Waals surface area contributed by atoms with Crippen LogP contribution in [0.2, 0.25) is 0 Å². The van der Waals surface area contributed by atoms with E-state index in [0.717, 1.165) is 5.56 Å². The number of anilines is 1. The Morgan fingerprint density at radius 1 is 1.10 bits per heavy atom. The molecule has 0 saturated heterocycles. The molecule has 0 bridgehead atoms. The van der Waals surface area contributed by atoms with Gasteiger partial charge in [0.05, 0.1) is 33.1 Å². The van der Waals surface area contributed by atoms with Gasteiger partial charge < -0.3 is 35.3 Å². The highest BCUT2D eigenvalue weighted by Gasteiger charge is 2.30. The summed E-state index contributed by atoms with van der Waals surface area (Å²) in [7, 11) is 4.57. The second-order valence-corrected chi connectivity index (χ2v) is 10.2. The van der Waals surface area contributed by atoms with Crippen molar-refractivity contribution in [3.8, 4) is 28.4 Å². The van der Waals surface area contributed by atoms with E-state index in [1.807, 2.05) is 12.3 Å². The summed E-state index contributed by atoms with van der Waals surface area (Å²) in [6.07, 6.45) is 3.33. The standard InChI is InChI=1S/C28H35N3O8S/c1-15(32)30-19-8-6-16-12-23(37-2)26(38-3)27(39-4)25(16)17-7-9-20(22(33)13-18(17)19)31-21(10-11-40-5)28(36)29-14-24(34)35/h7,9,12-13,19,21H,6,8,10-11,14H2,1-5H3,(H,29,36)(H,30,32)(H,31,33)(H,34,35)/t19-,21-/m0/s1. The zero-order valence-electron chi connectivity index (χ0n) is 23.2. The second kappa shape index (κ2) is 13.9. The number of fused-ring (bicyclic) bond motifs is 3. The summed E-state index contributed by atoms with van der Waals surface area (Å²) < 4.78 is 17.0. The van der Waals surface area contributed by atoms with E-state index in [4.69, 9.17) is 19.3 Å². The van der Waals surface area contributed by atoms with Crippen LogP contribution in [0.5, 0.6) is 17.2 Å². The van der Waals surface area contributed by atoms with Gasteiger partial charge in [0, 0.05) is 12.5 Å². The number of carboxylic acids is 1. The van der Waals surface area contributed by atoms with Crippen LogP contribution in [-0.4, -0.2) is 68.8 Å². The Balaban J connectivity index is 2.21. The van der Waals surface area contributed by atoms with Crippen molar-refractivity contribution in [2.45, 2.75) is 38.3 Å². The molecule has 0 aromatic heterocycles. The van der Waals surface area contributed by atoms with E-state index in [1.165, 1.54) is 46.1 Å². The summed E-state index contributed by atoms with van der Waals surface area (Å²) in [4.78, 5) is 49.4. The molecule has 0 heterocycles. The number of thioether (sulfide) groups is 1. The van der Waals surface area contributed by atoms with E-state index in [-0.39, 0.29) is 17.0 Å². The lowest BCUT2D eigenvalue weighted by atomic mass is 9.95. The van der Waals surface area contributed by atoms with E-state index >= 15 is 0 Å². The summed E-state index contributed by atoms with van der Waals surface area (Å²) in [5, 5.41) is 17.3. The maximum absolute atomic E-state index is 13.5. The minimum absolute atomic E-state index is 0.159. The lowest BCUT2D eigenvalue weighted by Crippen LogP contribution is -2.42. The lowest BCUT2D eigenvalue weighted by molar-refractivity contribution is -0.138. The number of amides is 2. The molecule has 0 spiro atoms. The molecule has 0 saturated carbocycles. The number of ether oxygens (including phenoxy) is 3. The van der Waals surface area contributed by atoms with Gasteiger partial charge in [-0.1, -0.05) is 6.07 Å². The fraction of sp³-hybridized carbons (Fsp3) is 0.429. The van der Waals surface area contributed by atoms with Crippen molar-refractivity contribution < 1.29 is 33.7 Å². The molecule has 216 valence electrons. The molecule has 40 heavy (non-hydrogen) atoms. The Bertz CT molecular complexity index is 1330. The predicted octanol–water partition coefficient (Wildman–Crippen LogP) is 2.60. The van der Waals surface area contributed by atoms with Crippen LogP contribution in [0.4, 0.5) is 5.69 Å². The molecule has 0 unspecified atom stereocenters. The van der Waals surface area contributed by atoms with E-state index < -0.39 is 30.5 Å². The van der Waals surface area contributed by atoms with Gasteiger partial charge in [0.1, 0.15) is 12.6 Å². The first-order chi connectivity index (χ1) is 19.1. The van der Waals surface area contributed by atoms with Crippen molar-refractivity contribution in [1.29, 1.82) is 0 Å². The Morgan fingerprint density at radius 2 is 1.82 bits per heavy atom. The molecular formula is C28H35N3O8S. The van der Waals surface area contributed by atoms with Crippen LogP contribution in [-0.2, 0) is 20.8 Å². The molecule has 2 aromatic rings. The van der Waals surface area contributed by atoms with E-state index in [2.05, 4.69) is 16.0 Å². The third-order valence-electron chi connectivity index (χ3n) is 6.59. The van der Waals surface area contributed by atoms with Gasteiger partial charge in [0.15, 0.2) is 11.5 Å². The van der Waals surface area contributed by atoms with Crippen molar-refractivity contribution in [3.63, 3.8) is 0 Å². The zero-order chi connectivity index (χ0) is 29.4. The fourth-order valence-corrected chi connectivity index (χ4v) is 5.28. The number of rotatable bonds is 12. The maximum Gasteiger partial charge on any atom is 0.322 e. The number of carbonyl (C=O) groups excluding carboxylic acids is 2. The molecule has 0 radical (unpaired) electrons. The highest BCUT2D eigenvalue weighted by molar-refractivity contribution is 7.98. The smallest absolute Gasteiger partial charge is 0.322 e. The van der Waals surface area contributed by atoms with Gasteiger partial charge in [-0.3, -0.25) is 19.2 Å². The topological polar surface area (TPSA) is 152 Å². The summed E-state index contributed by atoms with van der Waals surface area (Å²) in [5.41, 5.74) is 2.62. The lowest BCUT2D eigenvalue weighted by Gasteiger charge is -2.19. The minimum atomic E-state index is -1.17. The fourth-order valence-electron chi connectivity index (χ4n) is 4.81. The van der Waals surface area contributed by atoms with Crippen LogP contribution < -0.4 is 35.6 Å². The number of benzene rings is 1. The quantitative estimate of drug-likeness (QED) is 0.298. The highest BCUT2D eigenvalue weighted by Crippen LogP contribution is 2.50. The van der Waals surface area contributed by atoms with Crippen molar-refractivity contribution in [1.82, 2.24) is 10.6 Å². The van der Waals surface area contributed by atoms with Crippen molar-refractivity contribution in [2.24, 2.45) is 0 Å². The van der Waals surface area contributed by atoms with Crippen molar-refractivity contribution in [2.75, 3.05) is 45.2 Å². The molecule has 0 fully saturated rings. The van der Waals surface area contributed by atoms with Gasteiger partial charge in [-0.05, 0) is 66.2 Å². The average Bonchev–Trinajstić information content (AvgIpc) is 3.16. The average molecular weight is 574 g/mol. The molecule has 12 heteroatoms. The van der Waals surface area contributed by atoms with Crippen LogP contribution in [0.3, 0.4) is 0 Å². The summed E-state index contributed by atoms with van der Waals surface area (Å²) in [6.45, 7) is 0.891. The maximum atomic E-state index is 13.5. The summed E-state index contributed by atoms with van der Waals surface area (Å²) in [5.74, 6) is -0.00228. The molecule has 0 aliphatic heterocycles. The van der Waals surface area contributed by atoms with E-state index in [9.17, 15) is 19.2 Å². The number of methoxy groups -OCH3 is 3. The van der Waals surface area contributed by atoms with Gasteiger partial charge in [0.25, 0.3) is 0 Å². The largest absolute Gasteiger partial charge is 0.493 e. The van der Waals surface area contributed by atoms with Gasteiger partial charge in [-0.15, -0.1) is 0 Å². The minimum Gasteiger partial charge on any atom is -0.493 e. The molecule has 1 aliphatic carbocycles. The Morgan fingerprint density at radius 3 is 2.42 bits per heavy atom. The van der Waals surface area contributed by atoms with Gasteiger partial charge in [0.2, 0.25) is 23.0 Å². The van der Waals surface area contributed by atoms with Crippen LogP contribution in [0.25, 0.3) is 11.1 Å². The molecule has 2 amide bonds. The molecule has 2 aromatic carbocycles. The first-order valence-electron chi connectivity index (χ1n) is 12.7. The summed E-state index contributed by atoms with van der Waals surface area (Å²) in [6, 6.07) is 5.37. The zero-order valence-corrected chi connectivity index (χ0v) is 24.0. The number of carboxylic acid groups (broad SMARTS) is 1. The highest BCUT2D eigenvalue weighted by atomic mass is 32.2. The van der Waals surface area contributed by atoms with Crippen LogP contribution in [0.15, 0.2) is 29.1 Å².